The summed E-state index contributed by atoms with van der Waals surface area (Å²) in [5.41, 5.74) is 0.622. The zero-order valence-electron chi connectivity index (χ0n) is 11.8. The van der Waals surface area contributed by atoms with Gasteiger partial charge in [0.05, 0.1) is 19.0 Å². The molecule has 1 aromatic rings. The van der Waals surface area contributed by atoms with Crippen molar-refractivity contribution in [3.05, 3.63) is 34.3 Å². The van der Waals surface area contributed by atoms with Crippen LogP contribution in [0.3, 0.4) is 0 Å². The van der Waals surface area contributed by atoms with Gasteiger partial charge < -0.3 is 9.47 Å². The van der Waals surface area contributed by atoms with E-state index in [1.54, 1.807) is 0 Å². The number of rotatable bonds is 6. The SMILES string of the molecule is NS(=O)(=O)CC1(COCc2ccc(Br)cc2)CCOCC1. The summed E-state index contributed by atoms with van der Waals surface area (Å²) in [5, 5.41) is 5.22. The first-order valence-corrected chi connectivity index (χ1v) is 9.30. The van der Waals surface area contributed by atoms with Gasteiger partial charge in [0, 0.05) is 23.1 Å². The second kappa shape index (κ2) is 7.19. The maximum atomic E-state index is 11.5. The molecule has 0 radical (unpaired) electrons. The number of benzene rings is 1. The van der Waals surface area contributed by atoms with Crippen LogP contribution in [0.1, 0.15) is 18.4 Å². The molecule has 0 unspecified atom stereocenters. The molecule has 118 valence electrons. The van der Waals surface area contributed by atoms with Gasteiger partial charge in [-0.2, -0.15) is 0 Å². The molecular formula is C14H20BrNO4S. The van der Waals surface area contributed by atoms with Crippen molar-refractivity contribution in [1.29, 1.82) is 0 Å². The Kier molecular flexibility index (Phi) is 5.79. The zero-order valence-corrected chi connectivity index (χ0v) is 14.2. The highest BCUT2D eigenvalue weighted by atomic mass is 79.9. The third kappa shape index (κ3) is 5.67. The quantitative estimate of drug-likeness (QED) is 0.822. The number of nitrogens with two attached hydrogens (primary N) is 1. The highest BCUT2D eigenvalue weighted by Crippen LogP contribution is 2.32. The van der Waals surface area contributed by atoms with Crippen LogP contribution in [-0.2, 0) is 26.1 Å². The van der Waals surface area contributed by atoms with Crippen molar-refractivity contribution in [3.8, 4) is 0 Å². The lowest BCUT2D eigenvalue weighted by atomic mass is 9.83. The first-order chi connectivity index (χ1) is 9.89. The molecule has 0 saturated carbocycles. The van der Waals surface area contributed by atoms with Crippen LogP contribution < -0.4 is 5.14 Å². The summed E-state index contributed by atoms with van der Waals surface area (Å²) in [6.45, 7) is 1.94. The lowest BCUT2D eigenvalue weighted by molar-refractivity contribution is -0.0325. The van der Waals surface area contributed by atoms with Crippen molar-refractivity contribution < 1.29 is 17.9 Å². The number of hydrogen-bond acceptors (Lipinski definition) is 4. The summed E-state index contributed by atoms with van der Waals surface area (Å²) >= 11 is 3.38. The van der Waals surface area contributed by atoms with E-state index in [1.807, 2.05) is 24.3 Å². The molecule has 5 nitrogen and oxygen atoms in total. The minimum absolute atomic E-state index is 0.0519. The Labute approximate surface area is 134 Å². The highest BCUT2D eigenvalue weighted by Gasteiger charge is 2.36. The topological polar surface area (TPSA) is 78.6 Å². The Morgan fingerprint density at radius 3 is 2.43 bits per heavy atom. The van der Waals surface area contributed by atoms with Crippen LogP contribution in [0.25, 0.3) is 0 Å². The molecule has 1 aromatic carbocycles. The normalized spacial score (nSPS) is 18.6. The van der Waals surface area contributed by atoms with E-state index in [0.717, 1.165) is 10.0 Å². The summed E-state index contributed by atoms with van der Waals surface area (Å²) in [4.78, 5) is 0. The van der Waals surface area contributed by atoms with E-state index >= 15 is 0 Å². The van der Waals surface area contributed by atoms with E-state index in [1.165, 1.54) is 0 Å². The van der Waals surface area contributed by atoms with E-state index in [4.69, 9.17) is 14.6 Å². The average Bonchev–Trinajstić information content (AvgIpc) is 2.40. The van der Waals surface area contributed by atoms with Crippen molar-refractivity contribution in [3.63, 3.8) is 0 Å². The molecule has 0 spiro atoms. The highest BCUT2D eigenvalue weighted by molar-refractivity contribution is 9.10. The summed E-state index contributed by atoms with van der Waals surface area (Å²) in [6.07, 6.45) is 1.31. The minimum Gasteiger partial charge on any atom is -0.381 e. The molecule has 1 fully saturated rings. The second-order valence-electron chi connectivity index (χ2n) is 5.54. The number of halogens is 1. The van der Waals surface area contributed by atoms with Gasteiger partial charge >= 0.3 is 0 Å². The lowest BCUT2D eigenvalue weighted by Crippen LogP contribution is -2.41. The molecule has 0 aliphatic carbocycles. The Morgan fingerprint density at radius 1 is 1.24 bits per heavy atom. The molecule has 1 heterocycles. The predicted molar refractivity (Wildman–Crippen MR) is 84.3 cm³/mol. The zero-order chi connectivity index (χ0) is 15.3. The van der Waals surface area contributed by atoms with Crippen LogP contribution in [-0.4, -0.2) is 34.0 Å². The largest absolute Gasteiger partial charge is 0.381 e. The fourth-order valence-electron chi connectivity index (χ4n) is 2.53. The first-order valence-electron chi connectivity index (χ1n) is 6.79. The molecular weight excluding hydrogens is 358 g/mol. The van der Waals surface area contributed by atoms with Gasteiger partial charge in [-0.05, 0) is 30.5 Å². The summed E-state index contributed by atoms with van der Waals surface area (Å²) in [6, 6.07) is 7.85. The molecule has 1 saturated heterocycles. The predicted octanol–water partition coefficient (Wildman–Crippen LogP) is 2.05. The number of hydrogen-bond donors (Lipinski definition) is 1. The summed E-state index contributed by atoms with van der Waals surface area (Å²) in [5.74, 6) is -0.0519. The molecule has 1 aliphatic rings. The van der Waals surface area contributed by atoms with Gasteiger partial charge in [0.1, 0.15) is 0 Å². The Bertz CT molecular complexity index is 553. The fraction of sp³-hybridized carbons (Fsp3) is 0.571. The van der Waals surface area contributed by atoms with Crippen LogP contribution in [0, 0.1) is 5.41 Å². The van der Waals surface area contributed by atoms with Crippen LogP contribution >= 0.6 is 15.9 Å². The molecule has 2 N–H and O–H groups in total. The molecule has 21 heavy (non-hydrogen) atoms. The van der Waals surface area contributed by atoms with Crippen LogP contribution in [0.15, 0.2) is 28.7 Å². The summed E-state index contributed by atoms with van der Waals surface area (Å²) < 4.78 is 35.0. The third-order valence-electron chi connectivity index (χ3n) is 3.65. The minimum atomic E-state index is -3.52. The van der Waals surface area contributed by atoms with Crippen LogP contribution in [0.4, 0.5) is 0 Å². The van der Waals surface area contributed by atoms with Gasteiger partial charge in [0.25, 0.3) is 0 Å². The molecule has 0 aromatic heterocycles. The number of sulfonamides is 1. The van der Waals surface area contributed by atoms with E-state index < -0.39 is 15.4 Å². The number of primary sulfonamides is 1. The van der Waals surface area contributed by atoms with Gasteiger partial charge in [-0.3, -0.25) is 0 Å². The van der Waals surface area contributed by atoms with Gasteiger partial charge in [-0.25, -0.2) is 13.6 Å². The first kappa shape index (κ1) is 16.9. The molecule has 0 amide bonds. The third-order valence-corrected chi connectivity index (χ3v) is 5.19. The van der Waals surface area contributed by atoms with Crippen molar-refractivity contribution in [2.24, 2.45) is 10.6 Å². The maximum absolute atomic E-state index is 11.5. The molecule has 7 heteroatoms. The molecule has 2 rings (SSSR count). The van der Waals surface area contributed by atoms with Crippen LogP contribution in [0.2, 0.25) is 0 Å². The van der Waals surface area contributed by atoms with Gasteiger partial charge in [0.15, 0.2) is 0 Å². The maximum Gasteiger partial charge on any atom is 0.209 e. The molecule has 0 atom stereocenters. The van der Waals surface area contributed by atoms with Gasteiger partial charge in [0.2, 0.25) is 10.0 Å². The fourth-order valence-corrected chi connectivity index (χ4v) is 4.02. The van der Waals surface area contributed by atoms with Crippen molar-refractivity contribution in [2.45, 2.75) is 19.4 Å². The monoisotopic (exact) mass is 377 g/mol. The number of ether oxygens (including phenoxy) is 2. The summed E-state index contributed by atoms with van der Waals surface area (Å²) in [7, 11) is -3.52. The standard InChI is InChI=1S/C14H20BrNO4S/c15-13-3-1-12(2-4-13)9-20-10-14(11-21(16,17)18)5-7-19-8-6-14/h1-4H,5-11H2,(H2,16,17,18). The lowest BCUT2D eigenvalue weighted by Gasteiger charge is -2.36. The van der Waals surface area contributed by atoms with Crippen molar-refractivity contribution in [2.75, 3.05) is 25.6 Å². The smallest absolute Gasteiger partial charge is 0.209 e. The van der Waals surface area contributed by atoms with E-state index in [0.29, 0.717) is 39.3 Å². The Morgan fingerprint density at radius 2 is 1.86 bits per heavy atom. The van der Waals surface area contributed by atoms with Gasteiger partial charge in [-0.15, -0.1) is 0 Å². The molecule has 1 aliphatic heterocycles. The molecule has 0 bridgehead atoms. The average molecular weight is 378 g/mol. The van der Waals surface area contributed by atoms with Gasteiger partial charge in [-0.1, -0.05) is 28.1 Å². The Hall–Kier alpha value is -0.470. The van der Waals surface area contributed by atoms with Crippen molar-refractivity contribution >= 4 is 26.0 Å². The second-order valence-corrected chi connectivity index (χ2v) is 8.07. The van der Waals surface area contributed by atoms with E-state index in [2.05, 4.69) is 15.9 Å². The van der Waals surface area contributed by atoms with E-state index in [-0.39, 0.29) is 5.75 Å². The van der Waals surface area contributed by atoms with Crippen LogP contribution in [0.5, 0.6) is 0 Å². The van der Waals surface area contributed by atoms with E-state index in [9.17, 15) is 8.42 Å². The Balaban J connectivity index is 1.94. The van der Waals surface area contributed by atoms with Crippen molar-refractivity contribution in [1.82, 2.24) is 0 Å².